The molecule has 16 heavy (non-hydrogen) atoms. The number of rotatable bonds is 7. The molecular formula is C14H29NO. The monoisotopic (exact) mass is 227 g/mol. The average Bonchev–Trinajstić information content (AvgIpc) is 2.28. The number of hydrogen-bond donors (Lipinski definition) is 1. The minimum absolute atomic E-state index is 0.520. The van der Waals surface area contributed by atoms with Crippen molar-refractivity contribution in [1.29, 1.82) is 0 Å². The molecule has 0 aromatic carbocycles. The largest absolute Gasteiger partial charge is 0.378 e. The molecule has 0 aromatic rings. The first-order valence-corrected chi connectivity index (χ1v) is 7.09. The molecule has 1 fully saturated rings. The van der Waals surface area contributed by atoms with Gasteiger partial charge in [-0.25, -0.2) is 0 Å². The number of ether oxygens (including phenoxy) is 1. The fourth-order valence-electron chi connectivity index (χ4n) is 2.44. The molecule has 2 heteroatoms. The Kier molecular flexibility index (Phi) is 7.06. The predicted molar refractivity (Wildman–Crippen MR) is 69.7 cm³/mol. The minimum atomic E-state index is 0.520. The Hall–Kier alpha value is -0.0800. The van der Waals surface area contributed by atoms with Gasteiger partial charge in [0.1, 0.15) is 0 Å². The average molecular weight is 227 g/mol. The van der Waals surface area contributed by atoms with E-state index in [1.807, 2.05) is 0 Å². The van der Waals surface area contributed by atoms with E-state index < -0.39 is 0 Å². The second-order valence-electron chi connectivity index (χ2n) is 5.37. The third kappa shape index (κ3) is 5.31. The van der Waals surface area contributed by atoms with E-state index in [1.54, 1.807) is 0 Å². The summed E-state index contributed by atoms with van der Waals surface area (Å²) in [7, 11) is 0. The fourth-order valence-corrected chi connectivity index (χ4v) is 2.44. The molecule has 1 rings (SSSR count). The highest BCUT2D eigenvalue weighted by Crippen LogP contribution is 2.24. The first-order chi connectivity index (χ1) is 7.74. The van der Waals surface area contributed by atoms with Crippen molar-refractivity contribution in [3.05, 3.63) is 0 Å². The Bertz CT molecular complexity index is 170. The van der Waals surface area contributed by atoms with Gasteiger partial charge in [-0.05, 0) is 25.2 Å². The third-order valence-electron chi connectivity index (χ3n) is 3.46. The van der Waals surface area contributed by atoms with E-state index in [0.717, 1.165) is 19.1 Å². The molecule has 2 nitrogen and oxygen atoms in total. The van der Waals surface area contributed by atoms with Gasteiger partial charge in [0.25, 0.3) is 0 Å². The molecule has 2 atom stereocenters. The van der Waals surface area contributed by atoms with E-state index >= 15 is 0 Å². The van der Waals surface area contributed by atoms with Crippen molar-refractivity contribution in [2.45, 2.75) is 71.4 Å². The zero-order valence-corrected chi connectivity index (χ0v) is 11.3. The molecule has 0 radical (unpaired) electrons. The maximum Gasteiger partial charge on any atom is 0.0615 e. The van der Waals surface area contributed by atoms with Crippen LogP contribution in [0, 0.1) is 5.92 Å². The van der Waals surface area contributed by atoms with Gasteiger partial charge in [0.2, 0.25) is 0 Å². The summed E-state index contributed by atoms with van der Waals surface area (Å²) in [5.41, 5.74) is 0. The van der Waals surface area contributed by atoms with Crippen LogP contribution >= 0.6 is 0 Å². The Balaban J connectivity index is 2.26. The van der Waals surface area contributed by atoms with Crippen molar-refractivity contribution in [2.75, 3.05) is 13.2 Å². The maximum absolute atomic E-state index is 5.93. The predicted octanol–water partition coefficient (Wildman–Crippen LogP) is 3.36. The third-order valence-corrected chi connectivity index (χ3v) is 3.46. The highest BCUT2D eigenvalue weighted by molar-refractivity contribution is 4.77. The second kappa shape index (κ2) is 8.08. The van der Waals surface area contributed by atoms with Gasteiger partial charge in [0.15, 0.2) is 0 Å². The van der Waals surface area contributed by atoms with E-state index in [2.05, 4.69) is 26.1 Å². The standard InChI is InChI=1S/C14H29NO/c1-4-5-6-9-14-13(8-7-10-16-14)11-15-12(2)3/h12-15H,4-11H2,1-3H3. The molecule has 0 saturated carbocycles. The SMILES string of the molecule is CCCCCC1OCCCC1CNC(C)C. The molecule has 2 unspecified atom stereocenters. The lowest BCUT2D eigenvalue weighted by Gasteiger charge is -2.32. The van der Waals surface area contributed by atoms with E-state index in [-0.39, 0.29) is 0 Å². The first-order valence-electron chi connectivity index (χ1n) is 7.09. The van der Waals surface area contributed by atoms with E-state index in [0.29, 0.717) is 12.1 Å². The summed E-state index contributed by atoms with van der Waals surface area (Å²) in [5.74, 6) is 0.744. The molecule has 0 aromatic heterocycles. The summed E-state index contributed by atoms with van der Waals surface area (Å²) in [6, 6.07) is 0.596. The molecule has 0 amide bonds. The topological polar surface area (TPSA) is 21.3 Å². The van der Waals surface area contributed by atoms with Crippen LogP contribution < -0.4 is 5.32 Å². The number of unbranched alkanes of at least 4 members (excludes halogenated alkanes) is 2. The lowest BCUT2D eigenvalue weighted by Crippen LogP contribution is -2.38. The van der Waals surface area contributed by atoms with Gasteiger partial charge in [-0.15, -0.1) is 0 Å². The van der Waals surface area contributed by atoms with Crippen LogP contribution in [0.1, 0.15) is 59.3 Å². The molecule has 1 saturated heterocycles. The lowest BCUT2D eigenvalue weighted by molar-refractivity contribution is -0.0317. The van der Waals surface area contributed by atoms with E-state index in [4.69, 9.17) is 4.74 Å². The lowest BCUT2D eigenvalue weighted by atomic mass is 9.90. The van der Waals surface area contributed by atoms with Crippen LogP contribution in [-0.2, 0) is 4.74 Å². The Labute approximate surface area is 101 Å². The smallest absolute Gasteiger partial charge is 0.0615 e. The van der Waals surface area contributed by atoms with Crippen molar-refractivity contribution in [3.63, 3.8) is 0 Å². The van der Waals surface area contributed by atoms with Gasteiger partial charge < -0.3 is 10.1 Å². The summed E-state index contributed by atoms with van der Waals surface area (Å²) in [4.78, 5) is 0. The highest BCUT2D eigenvalue weighted by Gasteiger charge is 2.25. The van der Waals surface area contributed by atoms with Crippen molar-refractivity contribution in [2.24, 2.45) is 5.92 Å². The minimum Gasteiger partial charge on any atom is -0.378 e. The van der Waals surface area contributed by atoms with Crippen LogP contribution in [0.2, 0.25) is 0 Å². The maximum atomic E-state index is 5.93. The second-order valence-corrected chi connectivity index (χ2v) is 5.37. The molecule has 0 aliphatic carbocycles. The molecule has 0 bridgehead atoms. The first kappa shape index (κ1) is 14.0. The molecule has 96 valence electrons. The van der Waals surface area contributed by atoms with Gasteiger partial charge in [0, 0.05) is 19.2 Å². The molecule has 1 aliphatic rings. The summed E-state index contributed by atoms with van der Waals surface area (Å²) in [6.07, 6.45) is 8.36. The van der Waals surface area contributed by atoms with Gasteiger partial charge >= 0.3 is 0 Å². The molecule has 1 aliphatic heterocycles. The molecule has 1 N–H and O–H groups in total. The summed E-state index contributed by atoms with van der Waals surface area (Å²) in [5, 5.41) is 3.56. The summed E-state index contributed by atoms with van der Waals surface area (Å²) >= 11 is 0. The van der Waals surface area contributed by atoms with Crippen LogP contribution in [0.15, 0.2) is 0 Å². The zero-order chi connectivity index (χ0) is 11.8. The van der Waals surface area contributed by atoms with Crippen molar-refractivity contribution in [1.82, 2.24) is 5.32 Å². The summed E-state index contributed by atoms with van der Waals surface area (Å²) in [6.45, 7) is 8.81. The van der Waals surface area contributed by atoms with Gasteiger partial charge in [0.05, 0.1) is 6.10 Å². The van der Waals surface area contributed by atoms with E-state index in [9.17, 15) is 0 Å². The molecule has 1 heterocycles. The Morgan fingerprint density at radius 2 is 2.12 bits per heavy atom. The number of nitrogens with one attached hydrogen (secondary N) is 1. The normalized spacial score (nSPS) is 26.2. The van der Waals surface area contributed by atoms with Crippen molar-refractivity contribution >= 4 is 0 Å². The van der Waals surface area contributed by atoms with Crippen molar-refractivity contribution in [3.8, 4) is 0 Å². The van der Waals surface area contributed by atoms with Crippen LogP contribution in [0.5, 0.6) is 0 Å². The van der Waals surface area contributed by atoms with Crippen LogP contribution in [0.4, 0.5) is 0 Å². The number of hydrogen-bond acceptors (Lipinski definition) is 2. The quantitative estimate of drug-likeness (QED) is 0.673. The van der Waals surface area contributed by atoms with E-state index in [1.165, 1.54) is 38.5 Å². The van der Waals surface area contributed by atoms with Gasteiger partial charge in [-0.1, -0.05) is 40.0 Å². The van der Waals surface area contributed by atoms with Gasteiger partial charge in [-0.2, -0.15) is 0 Å². The Morgan fingerprint density at radius 3 is 2.81 bits per heavy atom. The highest BCUT2D eigenvalue weighted by atomic mass is 16.5. The fraction of sp³-hybridized carbons (Fsp3) is 1.00. The Morgan fingerprint density at radius 1 is 1.31 bits per heavy atom. The summed E-state index contributed by atoms with van der Waals surface area (Å²) < 4.78 is 5.93. The molecule has 0 spiro atoms. The van der Waals surface area contributed by atoms with Crippen LogP contribution in [-0.4, -0.2) is 25.3 Å². The molecular weight excluding hydrogens is 198 g/mol. The van der Waals surface area contributed by atoms with Gasteiger partial charge in [-0.3, -0.25) is 0 Å². The van der Waals surface area contributed by atoms with Crippen LogP contribution in [0.25, 0.3) is 0 Å². The van der Waals surface area contributed by atoms with Crippen LogP contribution in [0.3, 0.4) is 0 Å². The zero-order valence-electron chi connectivity index (χ0n) is 11.3. The van der Waals surface area contributed by atoms with Crippen molar-refractivity contribution < 1.29 is 4.74 Å².